The Labute approximate surface area is 164 Å². The molecule has 0 saturated heterocycles. The molecule has 5 heteroatoms. The molecule has 0 atom stereocenters. The van der Waals surface area contributed by atoms with Gasteiger partial charge in [-0.3, -0.25) is 0 Å². The van der Waals surface area contributed by atoms with E-state index in [2.05, 4.69) is 85.1 Å². The van der Waals surface area contributed by atoms with Crippen LogP contribution < -0.4 is 10.6 Å². The quantitative estimate of drug-likeness (QED) is 0.696. The van der Waals surface area contributed by atoms with E-state index in [1.54, 1.807) is 0 Å². The highest BCUT2D eigenvalue weighted by Gasteiger charge is 2.27. The average molecular weight is 370 g/mol. The van der Waals surface area contributed by atoms with Gasteiger partial charge in [-0.15, -0.1) is 0 Å². The fourth-order valence-electron chi connectivity index (χ4n) is 2.46. The van der Waals surface area contributed by atoms with Gasteiger partial charge in [-0.25, -0.2) is 4.98 Å². The van der Waals surface area contributed by atoms with Crippen molar-refractivity contribution < 1.29 is 0 Å². The van der Waals surface area contributed by atoms with Crippen molar-refractivity contribution in [3.63, 3.8) is 0 Å². The number of nitrogens with one attached hydrogen (secondary N) is 2. The van der Waals surface area contributed by atoms with Crippen LogP contribution in [0.3, 0.4) is 0 Å². The number of benzene rings is 1. The Morgan fingerprint density at radius 2 is 1.41 bits per heavy atom. The van der Waals surface area contributed by atoms with Crippen LogP contribution in [-0.2, 0) is 10.8 Å². The van der Waals surface area contributed by atoms with E-state index in [1.165, 1.54) is 0 Å². The fraction of sp³-hybridized carbons (Fsp3) is 0.591. The van der Waals surface area contributed by atoms with Gasteiger partial charge >= 0.3 is 0 Å². The van der Waals surface area contributed by atoms with Crippen molar-refractivity contribution in [3.8, 4) is 0 Å². The van der Waals surface area contributed by atoms with Crippen molar-refractivity contribution in [1.82, 2.24) is 15.0 Å². The largest absolute Gasteiger partial charge is 0.380 e. The highest BCUT2D eigenvalue weighted by molar-refractivity contribution is 5.61. The second-order valence-corrected chi connectivity index (χ2v) is 9.87. The summed E-state index contributed by atoms with van der Waals surface area (Å²) in [6, 6.07) is 8.20. The van der Waals surface area contributed by atoms with Crippen molar-refractivity contribution in [1.29, 1.82) is 0 Å². The smallest absolute Gasteiger partial charge is 0.230 e. The Morgan fingerprint density at radius 3 is 1.96 bits per heavy atom. The Hall–Kier alpha value is -2.17. The number of hydrogen-bond acceptors (Lipinski definition) is 5. The van der Waals surface area contributed by atoms with Gasteiger partial charge in [0.05, 0.1) is 0 Å². The second kappa shape index (κ2) is 7.45. The first-order valence-electron chi connectivity index (χ1n) is 9.72. The first kappa shape index (κ1) is 21.1. The van der Waals surface area contributed by atoms with Crippen molar-refractivity contribution in [2.45, 2.75) is 85.1 Å². The summed E-state index contributed by atoms with van der Waals surface area (Å²) >= 11 is 0. The van der Waals surface area contributed by atoms with E-state index >= 15 is 0 Å². The van der Waals surface area contributed by atoms with Crippen LogP contribution in [0.2, 0.25) is 0 Å². The van der Waals surface area contributed by atoms with E-state index in [0.717, 1.165) is 29.4 Å². The average Bonchev–Trinajstić information content (AvgIpc) is 2.52. The van der Waals surface area contributed by atoms with Crippen molar-refractivity contribution in [2.24, 2.45) is 0 Å². The number of anilines is 3. The SMILES string of the molecule is CCC(C)(C)c1nc(Nc2cccc(NC(C)(C)C)c2)nc(C(C)(C)C)n1. The minimum Gasteiger partial charge on any atom is -0.380 e. The minimum absolute atomic E-state index is 0.00349. The van der Waals surface area contributed by atoms with Crippen LogP contribution in [0, 0.1) is 0 Å². The minimum atomic E-state index is -0.145. The first-order valence-corrected chi connectivity index (χ1v) is 9.72. The molecule has 0 aliphatic carbocycles. The van der Waals surface area contributed by atoms with Crippen LogP contribution in [0.4, 0.5) is 17.3 Å². The maximum atomic E-state index is 4.78. The maximum Gasteiger partial charge on any atom is 0.230 e. The molecule has 2 N–H and O–H groups in total. The molecule has 2 rings (SSSR count). The van der Waals surface area contributed by atoms with Crippen LogP contribution in [0.1, 0.15) is 80.4 Å². The molecule has 0 unspecified atom stereocenters. The normalized spacial score (nSPS) is 12.8. The van der Waals surface area contributed by atoms with Crippen LogP contribution in [0.5, 0.6) is 0 Å². The van der Waals surface area contributed by atoms with E-state index in [9.17, 15) is 0 Å². The summed E-state index contributed by atoms with van der Waals surface area (Å²) in [4.78, 5) is 14.2. The Balaban J connectivity index is 2.41. The van der Waals surface area contributed by atoms with Gasteiger partial charge in [-0.05, 0) is 45.4 Å². The summed E-state index contributed by atoms with van der Waals surface area (Å²) in [5.41, 5.74) is 1.77. The molecule has 0 saturated carbocycles. The van der Waals surface area contributed by atoms with Gasteiger partial charge in [0, 0.05) is 27.7 Å². The molecular weight excluding hydrogens is 334 g/mol. The highest BCUT2D eigenvalue weighted by Crippen LogP contribution is 2.28. The van der Waals surface area contributed by atoms with Gasteiger partial charge in [0.25, 0.3) is 0 Å². The lowest BCUT2D eigenvalue weighted by molar-refractivity contribution is 0.453. The summed E-state index contributed by atoms with van der Waals surface area (Å²) in [5, 5.41) is 6.87. The maximum absolute atomic E-state index is 4.78. The molecule has 1 heterocycles. The molecule has 27 heavy (non-hydrogen) atoms. The van der Waals surface area contributed by atoms with E-state index in [4.69, 9.17) is 15.0 Å². The Bertz CT molecular complexity index is 782. The zero-order valence-electron chi connectivity index (χ0n) is 18.4. The van der Waals surface area contributed by atoms with Gasteiger partial charge < -0.3 is 10.6 Å². The zero-order chi connectivity index (χ0) is 20.5. The standard InChI is InChI=1S/C22H35N5/c1-10-22(8,9)18-24-17(20(2,3)4)25-19(26-18)23-15-12-11-13-16(14-15)27-21(5,6)7/h11-14,27H,10H2,1-9H3,(H,23,24,25,26). The molecule has 1 aromatic heterocycles. The van der Waals surface area contributed by atoms with Gasteiger partial charge in [0.1, 0.15) is 11.6 Å². The van der Waals surface area contributed by atoms with Gasteiger partial charge in [0.15, 0.2) is 0 Å². The third-order valence-electron chi connectivity index (χ3n) is 4.43. The number of nitrogens with zero attached hydrogens (tertiary/aromatic N) is 3. The van der Waals surface area contributed by atoms with Gasteiger partial charge in [-0.1, -0.05) is 47.6 Å². The molecule has 0 aliphatic heterocycles. The van der Waals surface area contributed by atoms with Gasteiger partial charge in [0.2, 0.25) is 5.95 Å². The van der Waals surface area contributed by atoms with E-state index in [-0.39, 0.29) is 16.4 Å². The van der Waals surface area contributed by atoms with Gasteiger partial charge in [-0.2, -0.15) is 9.97 Å². The predicted molar refractivity (Wildman–Crippen MR) is 115 cm³/mol. The van der Waals surface area contributed by atoms with Crippen molar-refractivity contribution >= 4 is 17.3 Å². The van der Waals surface area contributed by atoms with Crippen LogP contribution in [-0.4, -0.2) is 20.5 Å². The highest BCUT2D eigenvalue weighted by atomic mass is 15.2. The number of rotatable bonds is 5. The van der Waals surface area contributed by atoms with Crippen LogP contribution in [0.25, 0.3) is 0 Å². The molecule has 0 amide bonds. The van der Waals surface area contributed by atoms with E-state index in [0.29, 0.717) is 5.95 Å². The number of hydrogen-bond donors (Lipinski definition) is 2. The molecule has 2 aromatic rings. The third-order valence-corrected chi connectivity index (χ3v) is 4.43. The van der Waals surface area contributed by atoms with E-state index in [1.807, 2.05) is 12.1 Å². The lowest BCUT2D eigenvalue weighted by atomic mass is 9.88. The van der Waals surface area contributed by atoms with Crippen molar-refractivity contribution in [2.75, 3.05) is 10.6 Å². The topological polar surface area (TPSA) is 62.7 Å². The molecule has 148 valence electrons. The number of aromatic nitrogens is 3. The summed E-state index contributed by atoms with van der Waals surface area (Å²) < 4.78 is 0. The summed E-state index contributed by atoms with van der Waals surface area (Å²) in [5.74, 6) is 2.23. The van der Waals surface area contributed by atoms with Crippen LogP contribution in [0.15, 0.2) is 24.3 Å². The zero-order valence-corrected chi connectivity index (χ0v) is 18.4. The lowest BCUT2D eigenvalue weighted by Gasteiger charge is -2.25. The molecule has 5 nitrogen and oxygen atoms in total. The molecule has 0 aliphatic rings. The molecule has 0 bridgehead atoms. The second-order valence-electron chi connectivity index (χ2n) is 9.87. The molecule has 0 fully saturated rings. The molecule has 0 spiro atoms. The Morgan fingerprint density at radius 1 is 0.815 bits per heavy atom. The molecule has 1 aromatic carbocycles. The predicted octanol–water partition coefficient (Wildman–Crippen LogP) is 5.81. The summed E-state index contributed by atoms with van der Waals surface area (Å²) in [6.45, 7) is 19.3. The third kappa shape index (κ3) is 5.91. The first-order chi connectivity index (χ1) is 12.3. The monoisotopic (exact) mass is 369 g/mol. The summed E-state index contributed by atoms with van der Waals surface area (Å²) in [6.07, 6.45) is 0.963. The molecule has 0 radical (unpaired) electrons. The van der Waals surface area contributed by atoms with Crippen LogP contribution >= 0.6 is 0 Å². The summed E-state index contributed by atoms with van der Waals surface area (Å²) in [7, 11) is 0. The Kier molecular flexibility index (Phi) is 5.83. The molecular formula is C22H35N5. The fourth-order valence-corrected chi connectivity index (χ4v) is 2.46. The lowest BCUT2D eigenvalue weighted by Crippen LogP contribution is -2.26. The van der Waals surface area contributed by atoms with Crippen molar-refractivity contribution in [3.05, 3.63) is 35.9 Å². The van der Waals surface area contributed by atoms with E-state index < -0.39 is 0 Å².